The molecule has 9 heteroatoms. The van der Waals surface area contributed by atoms with E-state index in [1.165, 1.54) is 0 Å². The number of fused-ring (bicyclic) bond motifs is 1. The molecule has 0 saturated heterocycles. The van der Waals surface area contributed by atoms with E-state index in [1.54, 1.807) is 29.1 Å². The fourth-order valence-corrected chi connectivity index (χ4v) is 4.33. The van der Waals surface area contributed by atoms with Crippen molar-refractivity contribution in [3.63, 3.8) is 0 Å². The van der Waals surface area contributed by atoms with Crippen LogP contribution in [0.25, 0.3) is 0 Å². The first-order valence-electron chi connectivity index (χ1n) is 10.6. The smallest absolute Gasteiger partial charge is 0.317 e. The first kappa shape index (κ1) is 22.8. The molecule has 2 aliphatic rings. The Balaban J connectivity index is 1.80. The largest absolute Gasteiger partial charge is 0.472 e. The molecule has 1 aromatic rings. The molecule has 2 N–H and O–H groups in total. The van der Waals surface area contributed by atoms with Gasteiger partial charge in [0.15, 0.2) is 0 Å². The number of rotatable bonds is 5. The normalized spacial score (nSPS) is 23.2. The van der Waals surface area contributed by atoms with Gasteiger partial charge in [0.25, 0.3) is 5.91 Å². The molecule has 0 radical (unpaired) electrons. The van der Waals surface area contributed by atoms with E-state index in [0.29, 0.717) is 23.1 Å². The fourth-order valence-electron chi connectivity index (χ4n) is 4.00. The summed E-state index contributed by atoms with van der Waals surface area (Å²) in [5, 5.41) is 12.8. The molecule has 1 fully saturated rings. The zero-order chi connectivity index (χ0) is 21.8. The van der Waals surface area contributed by atoms with Gasteiger partial charge in [-0.05, 0) is 41.8 Å². The van der Waals surface area contributed by atoms with Gasteiger partial charge < -0.3 is 25.0 Å². The Kier molecular flexibility index (Phi) is 7.57. The van der Waals surface area contributed by atoms with Crippen LogP contribution in [0.3, 0.4) is 0 Å². The average Bonchev–Trinajstić information content (AvgIpc) is 3.23. The second-order valence-electron chi connectivity index (χ2n) is 8.44. The Morgan fingerprint density at radius 1 is 1.47 bits per heavy atom. The molecule has 0 aromatic carbocycles. The van der Waals surface area contributed by atoms with Crippen molar-refractivity contribution in [3.8, 4) is 5.88 Å². The summed E-state index contributed by atoms with van der Waals surface area (Å²) in [6, 6.07) is 1.48. The van der Waals surface area contributed by atoms with E-state index >= 15 is 0 Å². The van der Waals surface area contributed by atoms with Crippen LogP contribution in [0.1, 0.15) is 49.9 Å². The van der Waals surface area contributed by atoms with Crippen LogP contribution < -0.4 is 10.1 Å². The van der Waals surface area contributed by atoms with Gasteiger partial charge >= 0.3 is 6.03 Å². The number of halogens is 1. The molecule has 1 aliphatic carbocycles. The summed E-state index contributed by atoms with van der Waals surface area (Å²) in [4.78, 5) is 33.4. The highest BCUT2D eigenvalue weighted by atomic mass is 79.9. The minimum atomic E-state index is -0.349. The molecule has 0 spiro atoms. The van der Waals surface area contributed by atoms with E-state index in [-0.39, 0.29) is 48.5 Å². The summed E-state index contributed by atoms with van der Waals surface area (Å²) in [5.74, 6) is -0.0410. The van der Waals surface area contributed by atoms with Crippen LogP contribution in [-0.2, 0) is 0 Å². The molecule has 3 rings (SSSR count). The summed E-state index contributed by atoms with van der Waals surface area (Å²) in [6.07, 6.45) is 5.60. The minimum Gasteiger partial charge on any atom is -0.472 e. The highest BCUT2D eigenvalue weighted by molar-refractivity contribution is 9.10. The highest BCUT2D eigenvalue weighted by Crippen LogP contribution is 2.28. The van der Waals surface area contributed by atoms with Gasteiger partial charge in [-0.1, -0.05) is 19.8 Å². The number of likely N-dealkylation sites (N-methyl/N-ethyl adjacent to an activating group) is 1. The van der Waals surface area contributed by atoms with Gasteiger partial charge in [0.1, 0.15) is 11.7 Å². The maximum Gasteiger partial charge on any atom is 0.317 e. The predicted octanol–water partition coefficient (Wildman–Crippen LogP) is 2.65. The molecule has 1 aromatic heterocycles. The fraction of sp³-hybridized carbons (Fsp3) is 0.667. The number of carbonyl (C=O) groups excluding carboxylic acids is 2. The number of urea groups is 1. The third-order valence-corrected chi connectivity index (χ3v) is 6.40. The summed E-state index contributed by atoms with van der Waals surface area (Å²) >= 11 is 3.37. The van der Waals surface area contributed by atoms with Crippen LogP contribution >= 0.6 is 15.9 Å². The maximum absolute atomic E-state index is 13.1. The van der Waals surface area contributed by atoms with Gasteiger partial charge in [0.2, 0.25) is 5.88 Å². The average molecular weight is 483 g/mol. The predicted molar refractivity (Wildman–Crippen MR) is 117 cm³/mol. The van der Waals surface area contributed by atoms with Crippen molar-refractivity contribution >= 4 is 27.9 Å². The van der Waals surface area contributed by atoms with E-state index < -0.39 is 0 Å². The van der Waals surface area contributed by atoms with E-state index in [9.17, 15) is 14.7 Å². The van der Waals surface area contributed by atoms with Gasteiger partial charge in [0.05, 0.1) is 19.2 Å². The number of aliphatic hydroxyl groups is 1. The number of nitrogens with one attached hydrogen (secondary N) is 1. The molecule has 166 valence electrons. The Labute approximate surface area is 186 Å². The first-order valence-corrected chi connectivity index (χ1v) is 11.3. The number of amides is 3. The van der Waals surface area contributed by atoms with Crippen LogP contribution in [0.4, 0.5) is 4.79 Å². The molecule has 1 saturated carbocycles. The number of aromatic nitrogens is 1. The molecule has 1 aliphatic heterocycles. The Morgan fingerprint density at radius 3 is 2.83 bits per heavy atom. The number of ether oxygens (including phenoxy) is 1. The van der Waals surface area contributed by atoms with Crippen molar-refractivity contribution < 1.29 is 19.4 Å². The van der Waals surface area contributed by atoms with Crippen molar-refractivity contribution in [3.05, 3.63) is 22.3 Å². The lowest BCUT2D eigenvalue weighted by Gasteiger charge is -2.37. The number of hydrogen-bond acceptors (Lipinski definition) is 5. The van der Waals surface area contributed by atoms with Crippen LogP contribution in [0.5, 0.6) is 5.88 Å². The molecule has 3 amide bonds. The van der Waals surface area contributed by atoms with Gasteiger partial charge in [0, 0.05) is 36.2 Å². The van der Waals surface area contributed by atoms with Gasteiger partial charge in [-0.15, -0.1) is 0 Å². The summed E-state index contributed by atoms with van der Waals surface area (Å²) in [7, 11) is 1.76. The van der Waals surface area contributed by atoms with Crippen molar-refractivity contribution in [2.45, 2.75) is 57.7 Å². The van der Waals surface area contributed by atoms with Crippen LogP contribution in [0, 0.1) is 5.92 Å². The van der Waals surface area contributed by atoms with E-state index in [1.807, 2.05) is 13.8 Å². The molecule has 0 bridgehead atoms. The monoisotopic (exact) mass is 482 g/mol. The molecule has 30 heavy (non-hydrogen) atoms. The summed E-state index contributed by atoms with van der Waals surface area (Å²) in [5.41, 5.74) is 0.347. The van der Waals surface area contributed by atoms with Gasteiger partial charge in [-0.2, -0.15) is 0 Å². The van der Waals surface area contributed by atoms with Crippen molar-refractivity contribution in [2.24, 2.45) is 5.92 Å². The molecule has 3 atom stereocenters. The van der Waals surface area contributed by atoms with Gasteiger partial charge in [-0.3, -0.25) is 4.79 Å². The third-order valence-electron chi connectivity index (χ3n) is 5.97. The van der Waals surface area contributed by atoms with Crippen LogP contribution in [0.2, 0.25) is 0 Å². The van der Waals surface area contributed by atoms with E-state index in [0.717, 1.165) is 25.7 Å². The van der Waals surface area contributed by atoms with E-state index in [2.05, 4.69) is 26.2 Å². The summed E-state index contributed by atoms with van der Waals surface area (Å²) in [6.45, 7) is 4.45. The van der Waals surface area contributed by atoms with Crippen molar-refractivity contribution in [2.75, 3.05) is 26.7 Å². The maximum atomic E-state index is 13.1. The SMILES string of the molecule is C[C@@H]1CN([C@H](C)CO)C(=O)c2cc(Br)cnc2O[C@H]1CN(C)C(=O)NC1CCCC1. The lowest BCUT2D eigenvalue weighted by Crippen LogP contribution is -2.52. The standard InChI is InChI=1S/C21H31BrN4O4/c1-13-10-26(14(2)12-27)20(28)17-8-15(22)9-23-19(17)30-18(13)11-25(3)21(29)24-16-6-4-5-7-16/h8-9,13-14,16,18,27H,4-7,10-12H2,1-3H3,(H,24,29)/t13-,14-,18+/m1/s1. The Bertz CT molecular complexity index is 771. The van der Waals surface area contributed by atoms with Crippen molar-refractivity contribution in [1.29, 1.82) is 0 Å². The number of pyridine rings is 1. The van der Waals surface area contributed by atoms with Crippen LogP contribution in [0.15, 0.2) is 16.7 Å². The molecule has 2 heterocycles. The van der Waals surface area contributed by atoms with Crippen molar-refractivity contribution in [1.82, 2.24) is 20.1 Å². The second kappa shape index (κ2) is 9.96. The molecular weight excluding hydrogens is 452 g/mol. The first-order chi connectivity index (χ1) is 14.3. The van der Waals surface area contributed by atoms with Gasteiger partial charge in [-0.25, -0.2) is 9.78 Å². The summed E-state index contributed by atoms with van der Waals surface area (Å²) < 4.78 is 6.84. The van der Waals surface area contributed by atoms with E-state index in [4.69, 9.17) is 4.74 Å². The molecule has 8 nitrogen and oxygen atoms in total. The zero-order valence-electron chi connectivity index (χ0n) is 17.8. The van der Waals surface area contributed by atoms with Crippen LogP contribution in [-0.4, -0.2) is 76.8 Å². The second-order valence-corrected chi connectivity index (χ2v) is 9.36. The Hall–Kier alpha value is -1.87. The number of hydrogen-bond donors (Lipinski definition) is 2. The topological polar surface area (TPSA) is 95.0 Å². The quantitative estimate of drug-likeness (QED) is 0.672. The zero-order valence-corrected chi connectivity index (χ0v) is 19.4. The lowest BCUT2D eigenvalue weighted by molar-refractivity contribution is 0.0351. The number of nitrogens with zero attached hydrogens (tertiary/aromatic N) is 3. The molecule has 0 unspecified atom stereocenters. The lowest BCUT2D eigenvalue weighted by atomic mass is 10.0. The third kappa shape index (κ3) is 5.24. The number of aliphatic hydroxyl groups excluding tert-OH is 1. The highest BCUT2D eigenvalue weighted by Gasteiger charge is 2.34. The number of carbonyl (C=O) groups is 2. The Morgan fingerprint density at radius 2 is 2.17 bits per heavy atom. The molecular formula is C21H31BrN4O4. The minimum absolute atomic E-state index is 0.0664.